The fourth-order valence-electron chi connectivity index (χ4n) is 1.23. The zero-order chi connectivity index (χ0) is 12.0. The minimum Gasteiger partial charge on any atom is -0.493 e. The van der Waals surface area contributed by atoms with Crippen LogP contribution in [0.2, 0.25) is 0 Å². The second-order valence-corrected chi connectivity index (χ2v) is 3.22. The lowest BCUT2D eigenvalue weighted by Crippen LogP contribution is -2.21. The summed E-state index contributed by atoms with van der Waals surface area (Å²) in [5.74, 6) is 1.23. The Morgan fingerprint density at radius 1 is 1.44 bits per heavy atom. The van der Waals surface area contributed by atoms with Gasteiger partial charge in [0.15, 0.2) is 17.3 Å². The summed E-state index contributed by atoms with van der Waals surface area (Å²) < 4.78 is 10.5. The van der Waals surface area contributed by atoms with Crippen molar-refractivity contribution in [1.82, 2.24) is 0 Å². The first-order valence-electron chi connectivity index (χ1n) is 4.97. The van der Waals surface area contributed by atoms with Gasteiger partial charge in [-0.2, -0.15) is 0 Å². The number of hydrogen-bond donors (Lipinski definition) is 2. The van der Waals surface area contributed by atoms with Crippen molar-refractivity contribution >= 4 is 5.84 Å². The van der Waals surface area contributed by atoms with E-state index in [1.54, 1.807) is 7.11 Å². The van der Waals surface area contributed by atoms with E-state index < -0.39 is 0 Å². The molecule has 16 heavy (non-hydrogen) atoms. The lowest BCUT2D eigenvalue weighted by molar-refractivity contribution is 0.300. The Balaban J connectivity index is 2.79. The number of nitrogens with two attached hydrogens (primary N) is 1. The van der Waals surface area contributed by atoms with Crippen LogP contribution < -0.4 is 15.2 Å². The predicted octanol–water partition coefficient (Wildman–Crippen LogP) is 1.38. The first kappa shape index (κ1) is 12.2. The van der Waals surface area contributed by atoms with Gasteiger partial charge >= 0.3 is 0 Å². The summed E-state index contributed by atoms with van der Waals surface area (Å²) in [4.78, 5) is 0. The third-order valence-corrected chi connectivity index (χ3v) is 2.14. The van der Waals surface area contributed by atoms with Gasteiger partial charge in [0, 0.05) is 0 Å². The molecule has 5 heteroatoms. The van der Waals surface area contributed by atoms with Gasteiger partial charge in [0.05, 0.1) is 7.11 Å². The van der Waals surface area contributed by atoms with Crippen LogP contribution in [-0.2, 0) is 6.42 Å². The fourth-order valence-corrected chi connectivity index (χ4v) is 1.23. The third-order valence-electron chi connectivity index (χ3n) is 2.14. The molecule has 0 aliphatic heterocycles. The Bertz CT molecular complexity index is 377. The molecule has 0 heterocycles. The number of oxime groups is 1. The Hall–Kier alpha value is -1.91. The molecule has 3 N–H and O–H groups in total. The zero-order valence-electron chi connectivity index (χ0n) is 9.43. The molecule has 0 aliphatic carbocycles. The molecule has 0 saturated heterocycles. The van der Waals surface area contributed by atoms with Gasteiger partial charge in [-0.15, -0.1) is 0 Å². The molecule has 0 fully saturated rings. The number of amidine groups is 1. The number of aryl methyl sites for hydroxylation is 1. The lowest BCUT2D eigenvalue weighted by Gasteiger charge is -2.11. The highest BCUT2D eigenvalue weighted by Crippen LogP contribution is 2.28. The topological polar surface area (TPSA) is 77.1 Å². The van der Waals surface area contributed by atoms with Crippen LogP contribution in [-0.4, -0.2) is 24.8 Å². The van der Waals surface area contributed by atoms with E-state index in [9.17, 15) is 0 Å². The van der Waals surface area contributed by atoms with Crippen LogP contribution in [0, 0.1) is 0 Å². The molecule has 0 saturated carbocycles. The molecule has 0 spiro atoms. The molecule has 0 bridgehead atoms. The summed E-state index contributed by atoms with van der Waals surface area (Å²) in [6, 6.07) is 5.66. The summed E-state index contributed by atoms with van der Waals surface area (Å²) in [5.41, 5.74) is 6.46. The van der Waals surface area contributed by atoms with E-state index in [0.29, 0.717) is 11.5 Å². The van der Waals surface area contributed by atoms with Crippen molar-refractivity contribution in [2.45, 2.75) is 13.3 Å². The quantitative estimate of drug-likeness (QED) is 0.343. The van der Waals surface area contributed by atoms with E-state index in [-0.39, 0.29) is 12.4 Å². The van der Waals surface area contributed by atoms with E-state index in [4.69, 9.17) is 20.4 Å². The Labute approximate surface area is 94.5 Å². The van der Waals surface area contributed by atoms with Crippen molar-refractivity contribution in [3.8, 4) is 11.5 Å². The Morgan fingerprint density at radius 2 is 2.19 bits per heavy atom. The SMILES string of the molecule is CCc1ccc(OC/C(N)=N/O)c(OC)c1. The molecule has 1 rings (SSSR count). The van der Waals surface area contributed by atoms with Gasteiger partial charge in [0.1, 0.15) is 6.61 Å². The van der Waals surface area contributed by atoms with Gasteiger partial charge in [-0.05, 0) is 24.1 Å². The van der Waals surface area contributed by atoms with E-state index in [1.165, 1.54) is 0 Å². The Morgan fingerprint density at radius 3 is 2.75 bits per heavy atom. The largest absolute Gasteiger partial charge is 0.493 e. The van der Waals surface area contributed by atoms with Crippen LogP contribution in [0.25, 0.3) is 0 Å². The summed E-state index contributed by atoms with van der Waals surface area (Å²) in [6.45, 7) is 2.09. The number of nitrogens with zero attached hydrogens (tertiary/aromatic N) is 1. The number of hydrogen-bond acceptors (Lipinski definition) is 4. The predicted molar refractivity (Wildman–Crippen MR) is 61.3 cm³/mol. The van der Waals surface area contributed by atoms with Gasteiger partial charge in [-0.3, -0.25) is 0 Å². The second kappa shape index (κ2) is 5.85. The molecule has 1 aromatic rings. The molecule has 0 radical (unpaired) electrons. The molecule has 0 amide bonds. The fraction of sp³-hybridized carbons (Fsp3) is 0.364. The standard InChI is InChI=1S/C11H16N2O3/c1-3-8-4-5-9(10(6-8)15-2)16-7-11(12)13-14/h4-6,14H,3,7H2,1-2H3,(H2,12,13). The average Bonchev–Trinajstić information content (AvgIpc) is 2.35. The highest BCUT2D eigenvalue weighted by atomic mass is 16.5. The second-order valence-electron chi connectivity index (χ2n) is 3.22. The van der Waals surface area contributed by atoms with Crippen molar-refractivity contribution in [2.75, 3.05) is 13.7 Å². The van der Waals surface area contributed by atoms with Crippen LogP contribution >= 0.6 is 0 Å². The van der Waals surface area contributed by atoms with Crippen LogP contribution in [0.15, 0.2) is 23.4 Å². The molecular weight excluding hydrogens is 208 g/mol. The van der Waals surface area contributed by atoms with Gasteiger partial charge in [-0.25, -0.2) is 0 Å². The third kappa shape index (κ3) is 3.05. The maximum absolute atomic E-state index is 8.37. The van der Waals surface area contributed by atoms with Crippen LogP contribution in [0.3, 0.4) is 0 Å². The van der Waals surface area contributed by atoms with E-state index in [0.717, 1.165) is 12.0 Å². The molecule has 5 nitrogen and oxygen atoms in total. The first-order valence-corrected chi connectivity index (χ1v) is 4.97. The minimum atomic E-state index is 0.0154. The smallest absolute Gasteiger partial charge is 0.177 e. The van der Waals surface area contributed by atoms with Crippen molar-refractivity contribution in [2.24, 2.45) is 10.9 Å². The van der Waals surface area contributed by atoms with Gasteiger partial charge in [0.2, 0.25) is 0 Å². The normalized spacial score (nSPS) is 11.2. The first-order chi connectivity index (χ1) is 7.71. The summed E-state index contributed by atoms with van der Waals surface area (Å²) in [6.07, 6.45) is 0.927. The van der Waals surface area contributed by atoms with Crippen molar-refractivity contribution in [1.29, 1.82) is 0 Å². The maximum Gasteiger partial charge on any atom is 0.177 e. The molecule has 88 valence electrons. The van der Waals surface area contributed by atoms with Crippen molar-refractivity contribution in [3.05, 3.63) is 23.8 Å². The minimum absolute atomic E-state index is 0.0154. The lowest BCUT2D eigenvalue weighted by atomic mass is 10.1. The highest BCUT2D eigenvalue weighted by molar-refractivity contribution is 5.81. The van der Waals surface area contributed by atoms with E-state index in [1.807, 2.05) is 18.2 Å². The van der Waals surface area contributed by atoms with E-state index in [2.05, 4.69) is 12.1 Å². The van der Waals surface area contributed by atoms with Crippen LogP contribution in [0.4, 0.5) is 0 Å². The molecule has 0 aliphatic rings. The summed E-state index contributed by atoms with van der Waals surface area (Å²) in [7, 11) is 1.57. The van der Waals surface area contributed by atoms with Crippen LogP contribution in [0.5, 0.6) is 11.5 Å². The van der Waals surface area contributed by atoms with Gasteiger partial charge in [0.25, 0.3) is 0 Å². The summed E-state index contributed by atoms with van der Waals surface area (Å²) >= 11 is 0. The Kier molecular flexibility index (Phi) is 4.44. The van der Waals surface area contributed by atoms with Crippen molar-refractivity contribution < 1.29 is 14.7 Å². The molecule has 0 atom stereocenters. The molecular formula is C11H16N2O3. The molecule has 0 unspecified atom stereocenters. The highest BCUT2D eigenvalue weighted by Gasteiger charge is 2.05. The van der Waals surface area contributed by atoms with Gasteiger partial charge in [-0.1, -0.05) is 18.1 Å². The summed E-state index contributed by atoms with van der Waals surface area (Å²) in [5, 5.41) is 11.2. The molecule has 0 aromatic heterocycles. The van der Waals surface area contributed by atoms with Crippen LogP contribution in [0.1, 0.15) is 12.5 Å². The maximum atomic E-state index is 8.37. The van der Waals surface area contributed by atoms with E-state index >= 15 is 0 Å². The van der Waals surface area contributed by atoms with Crippen molar-refractivity contribution in [3.63, 3.8) is 0 Å². The number of rotatable bonds is 5. The number of methoxy groups -OCH3 is 1. The monoisotopic (exact) mass is 224 g/mol. The number of benzene rings is 1. The number of ether oxygens (including phenoxy) is 2. The van der Waals surface area contributed by atoms with Gasteiger partial charge < -0.3 is 20.4 Å². The average molecular weight is 224 g/mol. The molecule has 1 aromatic carbocycles. The zero-order valence-corrected chi connectivity index (χ0v) is 9.43.